The van der Waals surface area contributed by atoms with Gasteiger partial charge in [-0.15, -0.1) is 0 Å². The summed E-state index contributed by atoms with van der Waals surface area (Å²) in [6, 6.07) is 19.4. The van der Waals surface area contributed by atoms with Crippen molar-refractivity contribution in [1.29, 1.82) is 0 Å². The number of carbonyl (C=O) groups excluding carboxylic acids is 4. The summed E-state index contributed by atoms with van der Waals surface area (Å²) in [6.45, 7) is 5.72. The zero-order valence-corrected chi connectivity index (χ0v) is 19.6. The van der Waals surface area contributed by atoms with E-state index in [4.69, 9.17) is 4.74 Å². The maximum Gasteiger partial charge on any atom is 0.241 e. The van der Waals surface area contributed by atoms with Crippen LogP contribution in [0, 0.1) is 32.6 Å². The number of ketones is 2. The fraction of sp³-hybridized carbons (Fsp3) is 0.241. The average Bonchev–Trinajstić information content (AvgIpc) is 3.39. The molecule has 2 saturated heterocycles. The van der Waals surface area contributed by atoms with E-state index in [-0.39, 0.29) is 11.1 Å². The van der Waals surface area contributed by atoms with Gasteiger partial charge in [0.1, 0.15) is 0 Å². The molecule has 3 aliphatic rings. The summed E-state index contributed by atoms with van der Waals surface area (Å²) in [5.74, 6) is -4.36. The van der Waals surface area contributed by atoms with Crippen LogP contribution in [-0.4, -0.2) is 29.0 Å². The first kappa shape index (κ1) is 21.6. The van der Waals surface area contributed by atoms with E-state index in [1.54, 1.807) is 36.4 Å². The maximum absolute atomic E-state index is 14.0. The van der Waals surface area contributed by atoms with E-state index in [2.05, 4.69) is 0 Å². The molecule has 0 N–H and O–H groups in total. The number of hydrogen-bond acceptors (Lipinski definition) is 5. The molecule has 6 heteroatoms. The molecule has 3 atom stereocenters. The Morgan fingerprint density at radius 2 is 1.29 bits per heavy atom. The van der Waals surface area contributed by atoms with Gasteiger partial charge < -0.3 is 4.74 Å². The summed E-state index contributed by atoms with van der Waals surface area (Å²) < 4.78 is 6.31. The van der Waals surface area contributed by atoms with Gasteiger partial charge in [-0.25, -0.2) is 4.90 Å². The zero-order valence-electron chi connectivity index (χ0n) is 19.6. The zero-order chi connectivity index (χ0) is 24.6. The lowest BCUT2D eigenvalue weighted by atomic mass is 9.77. The predicted octanol–water partition coefficient (Wildman–Crippen LogP) is 4.31. The van der Waals surface area contributed by atoms with Gasteiger partial charge in [-0.1, -0.05) is 60.2 Å². The van der Waals surface area contributed by atoms with Crippen molar-refractivity contribution in [1.82, 2.24) is 0 Å². The number of rotatable bonds is 2. The molecule has 2 fully saturated rings. The average molecular weight is 466 g/mol. The molecule has 3 aromatic rings. The van der Waals surface area contributed by atoms with E-state index < -0.39 is 46.9 Å². The van der Waals surface area contributed by atoms with Crippen LogP contribution in [0.3, 0.4) is 0 Å². The Morgan fingerprint density at radius 1 is 0.714 bits per heavy atom. The van der Waals surface area contributed by atoms with Crippen LogP contribution in [0.2, 0.25) is 0 Å². The van der Waals surface area contributed by atoms with Crippen LogP contribution in [0.1, 0.15) is 49.1 Å². The van der Waals surface area contributed by atoms with Gasteiger partial charge in [-0.3, -0.25) is 19.2 Å². The minimum Gasteiger partial charge on any atom is -0.349 e. The fourth-order valence-corrected chi connectivity index (χ4v) is 5.91. The normalized spacial score (nSPS) is 24.4. The lowest BCUT2D eigenvalue weighted by Gasteiger charge is -2.27. The molecule has 174 valence electrons. The van der Waals surface area contributed by atoms with Crippen LogP contribution < -0.4 is 4.90 Å². The van der Waals surface area contributed by atoms with Gasteiger partial charge >= 0.3 is 0 Å². The number of Topliss-reactive ketones (excluding diaryl/α,β-unsaturated/α-hetero) is 2. The number of amides is 2. The Hall–Kier alpha value is -3.90. The number of aryl methyl sites for hydroxylation is 3. The number of carbonyl (C=O) groups is 4. The molecule has 0 radical (unpaired) electrons. The third kappa shape index (κ3) is 2.80. The quantitative estimate of drug-likeness (QED) is 0.416. The number of fused-ring (bicyclic) bond motifs is 3. The second kappa shape index (κ2) is 7.30. The number of imide groups is 1. The Morgan fingerprint density at radius 3 is 1.86 bits per heavy atom. The molecule has 0 unspecified atom stereocenters. The molecule has 6 rings (SSSR count). The highest BCUT2D eigenvalue weighted by molar-refractivity contribution is 6.37. The van der Waals surface area contributed by atoms with Crippen molar-refractivity contribution in [3.05, 3.63) is 100 Å². The lowest BCUT2D eigenvalue weighted by Crippen LogP contribution is -2.51. The number of hydrogen-bond donors (Lipinski definition) is 0. The topological polar surface area (TPSA) is 80.8 Å². The SMILES string of the molecule is Cc1ccc([C@@H]2OC3(C(=O)c4ccccc4C3=O)[C@H]3C(=O)N(c4cc(C)cc(C)c4)C(=O)[C@H]23)cc1. The molecule has 2 heterocycles. The Labute approximate surface area is 202 Å². The van der Waals surface area contributed by atoms with Gasteiger partial charge in [0, 0.05) is 11.1 Å². The second-order valence-corrected chi connectivity index (χ2v) is 9.75. The van der Waals surface area contributed by atoms with Gasteiger partial charge in [0.15, 0.2) is 0 Å². The smallest absolute Gasteiger partial charge is 0.241 e. The highest BCUT2D eigenvalue weighted by Crippen LogP contribution is 2.57. The first-order valence-electron chi connectivity index (χ1n) is 11.6. The molecule has 2 aliphatic heterocycles. The maximum atomic E-state index is 14.0. The number of benzene rings is 3. The van der Waals surface area contributed by atoms with Crippen molar-refractivity contribution in [2.75, 3.05) is 4.90 Å². The van der Waals surface area contributed by atoms with Gasteiger partial charge in [0.25, 0.3) is 0 Å². The summed E-state index contributed by atoms with van der Waals surface area (Å²) in [6.07, 6.45) is -0.907. The third-order valence-corrected chi connectivity index (χ3v) is 7.39. The highest BCUT2D eigenvalue weighted by atomic mass is 16.5. The van der Waals surface area contributed by atoms with Gasteiger partial charge in [-0.2, -0.15) is 0 Å². The number of nitrogens with zero attached hydrogens (tertiary/aromatic N) is 1. The Balaban J connectivity index is 1.55. The van der Waals surface area contributed by atoms with E-state index >= 15 is 0 Å². The summed E-state index contributed by atoms with van der Waals surface area (Å²) >= 11 is 0. The van der Waals surface area contributed by atoms with E-state index in [9.17, 15) is 19.2 Å². The van der Waals surface area contributed by atoms with E-state index in [0.29, 0.717) is 11.3 Å². The van der Waals surface area contributed by atoms with Crippen LogP contribution in [0.4, 0.5) is 5.69 Å². The molecule has 2 amide bonds. The number of anilines is 1. The van der Waals surface area contributed by atoms with Crippen LogP contribution in [0.5, 0.6) is 0 Å². The highest BCUT2D eigenvalue weighted by Gasteiger charge is 2.74. The summed E-state index contributed by atoms with van der Waals surface area (Å²) in [5, 5.41) is 0. The number of ether oxygens (including phenoxy) is 1. The summed E-state index contributed by atoms with van der Waals surface area (Å²) in [7, 11) is 0. The van der Waals surface area contributed by atoms with E-state index in [1.165, 1.54) is 0 Å². The summed E-state index contributed by atoms with van der Waals surface area (Å²) in [4.78, 5) is 56.6. The van der Waals surface area contributed by atoms with Crippen LogP contribution in [-0.2, 0) is 14.3 Å². The molecule has 0 aromatic heterocycles. The van der Waals surface area contributed by atoms with Gasteiger partial charge in [0.2, 0.25) is 29.0 Å². The monoisotopic (exact) mass is 465 g/mol. The molecular weight excluding hydrogens is 442 g/mol. The largest absolute Gasteiger partial charge is 0.349 e. The molecule has 3 aromatic carbocycles. The van der Waals surface area contributed by atoms with Crippen LogP contribution >= 0.6 is 0 Å². The standard InChI is InChI=1S/C29H23NO5/c1-15-8-10-18(11-9-15)24-22-23(28(34)30(27(22)33)19-13-16(2)12-17(3)14-19)29(35-24)25(31)20-6-4-5-7-21(20)26(29)32/h4-14,22-24H,1-3H3/t22-,23+,24-/m0/s1. The fourth-order valence-electron chi connectivity index (χ4n) is 5.91. The first-order valence-corrected chi connectivity index (χ1v) is 11.6. The van der Waals surface area contributed by atoms with Crippen LogP contribution in [0.15, 0.2) is 66.7 Å². The molecule has 35 heavy (non-hydrogen) atoms. The van der Waals surface area contributed by atoms with Crippen molar-refractivity contribution in [2.24, 2.45) is 11.8 Å². The molecule has 0 saturated carbocycles. The summed E-state index contributed by atoms with van der Waals surface area (Å²) in [5.41, 5.74) is 2.33. The minimum atomic E-state index is -2.05. The van der Waals surface area contributed by atoms with Crippen molar-refractivity contribution in [2.45, 2.75) is 32.5 Å². The third-order valence-electron chi connectivity index (χ3n) is 7.39. The Kier molecular flexibility index (Phi) is 4.51. The molecule has 1 spiro atoms. The van der Waals surface area contributed by atoms with E-state index in [0.717, 1.165) is 21.6 Å². The van der Waals surface area contributed by atoms with Gasteiger partial charge in [0.05, 0.1) is 23.6 Å². The van der Waals surface area contributed by atoms with Crippen molar-refractivity contribution in [3.63, 3.8) is 0 Å². The molecule has 1 aliphatic carbocycles. The van der Waals surface area contributed by atoms with E-state index in [1.807, 2.05) is 51.1 Å². The van der Waals surface area contributed by atoms with Crippen LogP contribution in [0.25, 0.3) is 0 Å². The lowest BCUT2D eigenvalue weighted by molar-refractivity contribution is -0.127. The van der Waals surface area contributed by atoms with Crippen molar-refractivity contribution in [3.8, 4) is 0 Å². The molecule has 0 bridgehead atoms. The first-order chi connectivity index (χ1) is 16.7. The molecular formula is C29H23NO5. The molecule has 6 nitrogen and oxygen atoms in total. The van der Waals surface area contributed by atoms with Crippen molar-refractivity contribution >= 4 is 29.1 Å². The second-order valence-electron chi connectivity index (χ2n) is 9.75. The van der Waals surface area contributed by atoms with Gasteiger partial charge in [-0.05, 0) is 49.6 Å². The van der Waals surface area contributed by atoms with Crippen molar-refractivity contribution < 1.29 is 23.9 Å². The minimum absolute atomic E-state index is 0.228. The Bertz CT molecular complexity index is 1400. The predicted molar refractivity (Wildman–Crippen MR) is 128 cm³/mol.